The number of benzene rings is 1. The summed E-state index contributed by atoms with van der Waals surface area (Å²) in [5, 5.41) is 3.69. The lowest BCUT2D eigenvalue weighted by atomic mass is 9.78. The summed E-state index contributed by atoms with van der Waals surface area (Å²) < 4.78 is 0. The molecule has 0 spiro atoms. The van der Waals surface area contributed by atoms with Crippen molar-refractivity contribution in [3.8, 4) is 0 Å². The van der Waals surface area contributed by atoms with Crippen molar-refractivity contribution in [2.75, 3.05) is 0 Å². The number of fused-ring (bicyclic) bond motifs is 5. The smallest absolute Gasteiger partial charge is 0.0358 e. The van der Waals surface area contributed by atoms with Gasteiger partial charge in [-0.3, -0.25) is 0 Å². The molecule has 0 amide bonds. The van der Waals surface area contributed by atoms with E-state index in [2.05, 4.69) is 43.4 Å². The molecule has 3 rings (SSSR count). The number of hydrogen-bond acceptors (Lipinski definition) is 1. The van der Waals surface area contributed by atoms with Crippen LogP contribution in [0.2, 0.25) is 0 Å². The molecule has 1 aromatic rings. The van der Waals surface area contributed by atoms with E-state index in [0.29, 0.717) is 12.1 Å². The van der Waals surface area contributed by atoms with Crippen LogP contribution in [0.1, 0.15) is 37.1 Å². The fourth-order valence-electron chi connectivity index (χ4n) is 2.93. The van der Waals surface area contributed by atoms with Crippen LogP contribution in [0.5, 0.6) is 0 Å². The van der Waals surface area contributed by atoms with Crippen molar-refractivity contribution in [2.24, 2.45) is 11.8 Å². The zero-order chi connectivity index (χ0) is 9.00. The molecule has 2 aliphatic heterocycles. The third-order valence-electron chi connectivity index (χ3n) is 3.91. The summed E-state index contributed by atoms with van der Waals surface area (Å²) >= 11 is 0. The molecule has 1 heteroatoms. The van der Waals surface area contributed by atoms with Crippen molar-refractivity contribution in [2.45, 2.75) is 25.9 Å². The molecule has 1 nitrogen and oxygen atoms in total. The molecular formula is C12H15N. The van der Waals surface area contributed by atoms with Crippen molar-refractivity contribution in [1.29, 1.82) is 0 Å². The average Bonchev–Trinajstić information content (AvgIpc) is 2.66. The fourth-order valence-corrected chi connectivity index (χ4v) is 2.93. The molecule has 0 aliphatic carbocycles. The van der Waals surface area contributed by atoms with Crippen LogP contribution in [-0.4, -0.2) is 0 Å². The Labute approximate surface area is 79.2 Å². The fraction of sp³-hybridized carbons (Fsp3) is 0.500. The second-order valence-corrected chi connectivity index (χ2v) is 4.47. The van der Waals surface area contributed by atoms with Gasteiger partial charge in [-0.2, -0.15) is 0 Å². The first-order valence-corrected chi connectivity index (χ1v) is 5.14. The molecule has 13 heavy (non-hydrogen) atoms. The quantitative estimate of drug-likeness (QED) is 0.636. The Kier molecular flexibility index (Phi) is 1.37. The first-order chi connectivity index (χ1) is 6.29. The molecule has 2 bridgehead atoms. The zero-order valence-electron chi connectivity index (χ0n) is 8.12. The Bertz CT molecular complexity index is 312. The molecule has 4 atom stereocenters. The van der Waals surface area contributed by atoms with Crippen LogP contribution in [0.3, 0.4) is 0 Å². The number of nitrogens with one attached hydrogen (secondary N) is 1. The van der Waals surface area contributed by atoms with Gasteiger partial charge in [-0.1, -0.05) is 38.1 Å². The van der Waals surface area contributed by atoms with E-state index in [4.69, 9.17) is 0 Å². The predicted molar refractivity (Wildman–Crippen MR) is 53.4 cm³/mol. The minimum Gasteiger partial charge on any atom is -0.303 e. The second-order valence-electron chi connectivity index (χ2n) is 4.47. The molecule has 1 aromatic carbocycles. The van der Waals surface area contributed by atoms with Gasteiger partial charge in [-0.15, -0.1) is 0 Å². The van der Waals surface area contributed by atoms with Gasteiger partial charge in [0.1, 0.15) is 0 Å². The molecule has 4 unspecified atom stereocenters. The largest absolute Gasteiger partial charge is 0.303 e. The van der Waals surface area contributed by atoms with Gasteiger partial charge >= 0.3 is 0 Å². The third-order valence-corrected chi connectivity index (χ3v) is 3.91. The monoisotopic (exact) mass is 173 g/mol. The van der Waals surface area contributed by atoms with Crippen LogP contribution in [-0.2, 0) is 0 Å². The van der Waals surface area contributed by atoms with Gasteiger partial charge in [0.25, 0.3) is 0 Å². The summed E-state index contributed by atoms with van der Waals surface area (Å²) in [6.07, 6.45) is 0. The second kappa shape index (κ2) is 2.36. The van der Waals surface area contributed by atoms with Crippen molar-refractivity contribution < 1.29 is 0 Å². The molecule has 0 aromatic heterocycles. The molecule has 1 fully saturated rings. The Morgan fingerprint density at radius 2 is 1.38 bits per heavy atom. The summed E-state index contributed by atoms with van der Waals surface area (Å²) in [6.45, 7) is 4.72. The lowest BCUT2D eigenvalue weighted by Gasteiger charge is -2.25. The minimum atomic E-state index is 0.621. The number of hydrogen-bond donors (Lipinski definition) is 1. The molecule has 1 saturated heterocycles. The lowest BCUT2D eigenvalue weighted by Crippen LogP contribution is -2.16. The highest BCUT2D eigenvalue weighted by Gasteiger charge is 2.45. The van der Waals surface area contributed by atoms with E-state index in [1.165, 1.54) is 11.1 Å². The van der Waals surface area contributed by atoms with Gasteiger partial charge in [-0.25, -0.2) is 0 Å². The summed E-state index contributed by atoms with van der Waals surface area (Å²) in [4.78, 5) is 0. The first-order valence-electron chi connectivity index (χ1n) is 5.14. The van der Waals surface area contributed by atoms with Gasteiger partial charge in [0.15, 0.2) is 0 Å². The molecule has 68 valence electrons. The Morgan fingerprint density at radius 3 is 1.85 bits per heavy atom. The zero-order valence-corrected chi connectivity index (χ0v) is 8.12. The summed E-state index contributed by atoms with van der Waals surface area (Å²) in [5.41, 5.74) is 3.08. The van der Waals surface area contributed by atoms with E-state index in [1.807, 2.05) is 0 Å². The van der Waals surface area contributed by atoms with Crippen LogP contribution in [0.15, 0.2) is 24.3 Å². The van der Waals surface area contributed by atoms with Crippen LogP contribution in [0, 0.1) is 11.8 Å². The maximum Gasteiger partial charge on any atom is 0.0358 e. The van der Waals surface area contributed by atoms with Crippen molar-refractivity contribution in [1.82, 2.24) is 5.32 Å². The highest BCUT2D eigenvalue weighted by molar-refractivity contribution is 5.41. The number of rotatable bonds is 0. The van der Waals surface area contributed by atoms with Gasteiger partial charge in [0.2, 0.25) is 0 Å². The predicted octanol–water partition coefficient (Wildman–Crippen LogP) is 2.66. The first kappa shape index (κ1) is 7.57. The highest BCUT2D eigenvalue weighted by atomic mass is 15.0. The lowest BCUT2D eigenvalue weighted by molar-refractivity contribution is 0.381. The van der Waals surface area contributed by atoms with E-state index in [1.54, 1.807) is 0 Å². The molecule has 1 N–H and O–H groups in total. The topological polar surface area (TPSA) is 12.0 Å². The van der Waals surface area contributed by atoms with Crippen LogP contribution < -0.4 is 5.32 Å². The van der Waals surface area contributed by atoms with E-state index in [-0.39, 0.29) is 0 Å². The van der Waals surface area contributed by atoms with E-state index >= 15 is 0 Å². The van der Waals surface area contributed by atoms with E-state index in [9.17, 15) is 0 Å². The SMILES string of the molecule is CC1C2NC(c3ccccc32)C1C. The van der Waals surface area contributed by atoms with Crippen molar-refractivity contribution in [3.63, 3.8) is 0 Å². The minimum absolute atomic E-state index is 0.621. The average molecular weight is 173 g/mol. The molecule has 0 radical (unpaired) electrons. The van der Waals surface area contributed by atoms with Crippen molar-refractivity contribution >= 4 is 0 Å². The van der Waals surface area contributed by atoms with Gasteiger partial charge in [-0.05, 0) is 23.0 Å². The molecular weight excluding hydrogens is 158 g/mol. The van der Waals surface area contributed by atoms with E-state index in [0.717, 1.165) is 11.8 Å². The van der Waals surface area contributed by atoms with Crippen LogP contribution in [0.25, 0.3) is 0 Å². The maximum absolute atomic E-state index is 3.69. The molecule has 0 saturated carbocycles. The molecule has 2 aliphatic rings. The summed E-state index contributed by atoms with van der Waals surface area (Å²) in [5.74, 6) is 1.58. The molecule has 2 heterocycles. The van der Waals surface area contributed by atoms with Gasteiger partial charge in [0.05, 0.1) is 0 Å². The third kappa shape index (κ3) is 0.806. The van der Waals surface area contributed by atoms with Gasteiger partial charge < -0.3 is 5.32 Å². The normalized spacial score (nSPS) is 40.8. The van der Waals surface area contributed by atoms with Crippen LogP contribution in [0.4, 0.5) is 0 Å². The Balaban J connectivity index is 2.16. The standard InChI is InChI=1S/C12H15N/c1-7-8(2)12-10-6-4-3-5-9(10)11(7)13-12/h3-8,11-13H,1-2H3. The Morgan fingerprint density at radius 1 is 0.923 bits per heavy atom. The highest BCUT2D eigenvalue weighted by Crippen LogP contribution is 2.51. The maximum atomic E-state index is 3.69. The van der Waals surface area contributed by atoms with Crippen molar-refractivity contribution in [3.05, 3.63) is 35.4 Å². The van der Waals surface area contributed by atoms with Crippen LogP contribution >= 0.6 is 0 Å². The van der Waals surface area contributed by atoms with E-state index < -0.39 is 0 Å². The summed E-state index contributed by atoms with van der Waals surface area (Å²) in [7, 11) is 0. The Hall–Kier alpha value is -0.820. The van der Waals surface area contributed by atoms with Gasteiger partial charge in [0, 0.05) is 12.1 Å². The summed E-state index contributed by atoms with van der Waals surface area (Å²) in [6, 6.07) is 10.1.